The van der Waals surface area contributed by atoms with Crippen LogP contribution in [0.1, 0.15) is 12.8 Å². The van der Waals surface area contributed by atoms with Gasteiger partial charge in [-0.3, -0.25) is 15.6 Å². The second-order valence-electron chi connectivity index (χ2n) is 5.78. The van der Waals surface area contributed by atoms with E-state index in [0.29, 0.717) is 29.6 Å². The monoisotopic (exact) mass is 358 g/mol. The van der Waals surface area contributed by atoms with Gasteiger partial charge in [-0.25, -0.2) is 9.97 Å². The molecule has 2 heterocycles. The van der Waals surface area contributed by atoms with Crippen molar-refractivity contribution in [2.24, 2.45) is 0 Å². The van der Waals surface area contributed by atoms with E-state index in [9.17, 15) is 4.79 Å². The summed E-state index contributed by atoms with van der Waals surface area (Å²) in [5.74, 6) is 1.06. The van der Waals surface area contributed by atoms with E-state index in [1.165, 1.54) is 6.33 Å². The molecule has 1 aliphatic rings. The minimum Gasteiger partial charge on any atom is -0.484 e. The van der Waals surface area contributed by atoms with Gasteiger partial charge in [0.2, 0.25) is 0 Å². The quantitative estimate of drug-likeness (QED) is 0.519. The average Bonchev–Trinajstić information content (AvgIpc) is 3.19. The number of hydrazine groups is 1. The fourth-order valence-electron chi connectivity index (χ4n) is 2.48. The van der Waals surface area contributed by atoms with Gasteiger partial charge in [-0.05, 0) is 25.0 Å². The van der Waals surface area contributed by atoms with Crippen LogP contribution < -0.4 is 26.6 Å². The third kappa shape index (κ3) is 4.96. The molecular formula is C17H22N6O3. The summed E-state index contributed by atoms with van der Waals surface area (Å²) in [4.78, 5) is 20.0. The summed E-state index contributed by atoms with van der Waals surface area (Å²) >= 11 is 0. The van der Waals surface area contributed by atoms with E-state index in [2.05, 4.69) is 26.1 Å². The summed E-state index contributed by atoms with van der Waals surface area (Å²) in [5.41, 5.74) is 11.5. The fraction of sp³-hybridized carbons (Fsp3) is 0.353. The van der Waals surface area contributed by atoms with Gasteiger partial charge in [0.1, 0.15) is 17.8 Å². The fourth-order valence-corrected chi connectivity index (χ4v) is 2.48. The lowest BCUT2D eigenvalue weighted by molar-refractivity contribution is -0.122. The van der Waals surface area contributed by atoms with Gasteiger partial charge in [0.25, 0.3) is 5.91 Å². The van der Waals surface area contributed by atoms with Crippen LogP contribution in [0.3, 0.4) is 0 Å². The molecule has 1 aromatic carbocycles. The number of hydrogen-bond donors (Lipinski definition) is 4. The number of benzene rings is 1. The predicted molar refractivity (Wildman–Crippen MR) is 97.6 cm³/mol. The Morgan fingerprint density at radius 3 is 2.85 bits per heavy atom. The summed E-state index contributed by atoms with van der Waals surface area (Å²) in [6.07, 6.45) is 3.61. The third-order valence-electron chi connectivity index (χ3n) is 3.84. The van der Waals surface area contributed by atoms with Gasteiger partial charge in [0.05, 0.1) is 6.10 Å². The first-order chi connectivity index (χ1) is 12.7. The smallest absolute Gasteiger partial charge is 0.276 e. The molecular weight excluding hydrogens is 336 g/mol. The van der Waals surface area contributed by atoms with Gasteiger partial charge in [-0.2, -0.15) is 0 Å². The number of anilines is 3. The second kappa shape index (κ2) is 8.86. The first-order valence-corrected chi connectivity index (χ1v) is 8.41. The second-order valence-corrected chi connectivity index (χ2v) is 5.78. The van der Waals surface area contributed by atoms with Gasteiger partial charge in [0, 0.05) is 13.2 Å². The first kappa shape index (κ1) is 17.7. The lowest BCUT2D eigenvalue weighted by Crippen LogP contribution is -2.34. The van der Waals surface area contributed by atoms with Crippen LogP contribution in [0.15, 0.2) is 36.7 Å². The van der Waals surface area contributed by atoms with Crippen molar-refractivity contribution in [1.29, 1.82) is 0 Å². The number of hydrogen-bond acceptors (Lipinski definition) is 8. The van der Waals surface area contributed by atoms with Gasteiger partial charge < -0.3 is 20.5 Å². The SMILES string of the molecule is Nc1c(NCC2CCCO2)ncnc1NNC(=O)COc1ccccc1. The molecule has 0 aliphatic carbocycles. The van der Waals surface area contributed by atoms with Gasteiger partial charge in [0.15, 0.2) is 18.2 Å². The molecule has 26 heavy (non-hydrogen) atoms. The Kier molecular flexibility index (Phi) is 6.05. The molecule has 138 valence electrons. The Bertz CT molecular complexity index is 722. The number of carbonyl (C=O) groups is 1. The number of amides is 1. The molecule has 1 saturated heterocycles. The van der Waals surface area contributed by atoms with Crippen molar-refractivity contribution in [3.63, 3.8) is 0 Å². The maximum atomic E-state index is 11.9. The topological polar surface area (TPSA) is 123 Å². The number of rotatable bonds is 8. The van der Waals surface area contributed by atoms with Gasteiger partial charge in [-0.15, -0.1) is 0 Å². The molecule has 9 heteroatoms. The number of aromatic nitrogens is 2. The van der Waals surface area contributed by atoms with Crippen molar-refractivity contribution in [2.75, 3.05) is 36.2 Å². The lowest BCUT2D eigenvalue weighted by Gasteiger charge is -2.15. The Labute approximate surface area is 151 Å². The highest BCUT2D eigenvalue weighted by Gasteiger charge is 2.16. The van der Waals surface area contributed by atoms with Crippen LogP contribution in [0, 0.1) is 0 Å². The van der Waals surface area contributed by atoms with E-state index in [4.69, 9.17) is 15.2 Å². The van der Waals surface area contributed by atoms with Crippen molar-refractivity contribution >= 4 is 23.2 Å². The number of carbonyl (C=O) groups excluding carboxylic acids is 1. The zero-order chi connectivity index (χ0) is 18.2. The van der Waals surface area contributed by atoms with Crippen LogP contribution in [0.5, 0.6) is 5.75 Å². The van der Waals surface area contributed by atoms with E-state index >= 15 is 0 Å². The number of para-hydroxylation sites is 1. The van der Waals surface area contributed by atoms with Crippen LogP contribution in [-0.4, -0.2) is 41.7 Å². The largest absolute Gasteiger partial charge is 0.484 e. The van der Waals surface area contributed by atoms with E-state index in [1.54, 1.807) is 12.1 Å². The molecule has 1 fully saturated rings. The summed E-state index contributed by atoms with van der Waals surface area (Å²) in [6, 6.07) is 9.08. The van der Waals surface area contributed by atoms with Crippen molar-refractivity contribution < 1.29 is 14.3 Å². The highest BCUT2D eigenvalue weighted by molar-refractivity contribution is 5.81. The van der Waals surface area contributed by atoms with Crippen molar-refractivity contribution in [2.45, 2.75) is 18.9 Å². The molecule has 2 aromatic rings. The molecule has 1 aliphatic heterocycles. The maximum Gasteiger partial charge on any atom is 0.276 e. The van der Waals surface area contributed by atoms with Crippen LogP contribution in [0.2, 0.25) is 0 Å². The molecule has 3 rings (SSSR count). The summed E-state index contributed by atoms with van der Waals surface area (Å²) < 4.78 is 10.9. The van der Waals surface area contributed by atoms with Crippen molar-refractivity contribution in [1.82, 2.24) is 15.4 Å². The summed E-state index contributed by atoms with van der Waals surface area (Å²) in [7, 11) is 0. The molecule has 0 spiro atoms. The molecule has 5 N–H and O–H groups in total. The Hall–Kier alpha value is -3.07. The Morgan fingerprint density at radius 1 is 1.27 bits per heavy atom. The van der Waals surface area contributed by atoms with Gasteiger partial charge >= 0.3 is 0 Å². The predicted octanol–water partition coefficient (Wildman–Crippen LogP) is 1.17. The zero-order valence-electron chi connectivity index (χ0n) is 14.3. The number of nitrogens with two attached hydrogens (primary N) is 1. The van der Waals surface area contributed by atoms with Crippen LogP contribution in [0.4, 0.5) is 17.3 Å². The van der Waals surface area contributed by atoms with Crippen LogP contribution in [-0.2, 0) is 9.53 Å². The molecule has 0 saturated carbocycles. The molecule has 1 amide bonds. The van der Waals surface area contributed by atoms with Crippen LogP contribution >= 0.6 is 0 Å². The Balaban J connectivity index is 1.47. The zero-order valence-corrected chi connectivity index (χ0v) is 14.3. The highest BCUT2D eigenvalue weighted by Crippen LogP contribution is 2.22. The maximum absolute atomic E-state index is 11.9. The summed E-state index contributed by atoms with van der Waals surface area (Å²) in [6.45, 7) is 1.28. The summed E-state index contributed by atoms with van der Waals surface area (Å²) in [5, 5.41) is 3.15. The number of nitrogens with zero attached hydrogens (tertiary/aromatic N) is 2. The minimum atomic E-state index is -0.360. The van der Waals surface area contributed by atoms with Crippen molar-refractivity contribution in [3.8, 4) is 5.75 Å². The van der Waals surface area contributed by atoms with Crippen molar-refractivity contribution in [3.05, 3.63) is 36.7 Å². The minimum absolute atomic E-state index is 0.133. The van der Waals surface area contributed by atoms with E-state index in [-0.39, 0.29) is 18.6 Å². The Morgan fingerprint density at radius 2 is 2.08 bits per heavy atom. The molecule has 0 radical (unpaired) electrons. The molecule has 1 aromatic heterocycles. The van der Waals surface area contributed by atoms with E-state index in [0.717, 1.165) is 19.4 Å². The first-order valence-electron chi connectivity index (χ1n) is 8.41. The average molecular weight is 358 g/mol. The molecule has 9 nitrogen and oxygen atoms in total. The van der Waals surface area contributed by atoms with Crippen LogP contribution in [0.25, 0.3) is 0 Å². The number of nitrogens with one attached hydrogen (secondary N) is 3. The van der Waals surface area contributed by atoms with E-state index in [1.807, 2.05) is 18.2 Å². The van der Waals surface area contributed by atoms with Gasteiger partial charge in [-0.1, -0.05) is 18.2 Å². The molecule has 1 atom stereocenters. The van der Waals surface area contributed by atoms with E-state index < -0.39 is 0 Å². The lowest BCUT2D eigenvalue weighted by atomic mass is 10.2. The number of nitrogen functional groups attached to an aromatic ring is 1. The highest BCUT2D eigenvalue weighted by atomic mass is 16.5. The third-order valence-corrected chi connectivity index (χ3v) is 3.84. The number of ether oxygens (including phenoxy) is 2. The standard InChI is InChI=1S/C17H22N6O3/c18-15-16(19-9-13-7-4-8-25-13)20-11-21-17(15)23-22-14(24)10-26-12-5-2-1-3-6-12/h1-3,5-6,11,13H,4,7-10,18H2,(H,22,24)(H2,19,20,21,23). The normalized spacial score (nSPS) is 16.1. The molecule has 1 unspecified atom stereocenters. The molecule has 0 bridgehead atoms.